The number of nitrogens with zero attached hydrogens (tertiary/aromatic N) is 2. The van der Waals surface area contributed by atoms with Crippen LogP contribution in [0.1, 0.15) is 30.1 Å². The summed E-state index contributed by atoms with van der Waals surface area (Å²) in [6, 6.07) is 5.45. The zero-order valence-electron chi connectivity index (χ0n) is 10.9. The number of anilines is 1. The third kappa shape index (κ3) is 3.10. The van der Waals surface area contributed by atoms with E-state index in [2.05, 4.69) is 15.3 Å². The highest BCUT2D eigenvalue weighted by Gasteiger charge is 2.26. The molecule has 1 aliphatic rings. The van der Waals surface area contributed by atoms with Crippen LogP contribution in [0.2, 0.25) is 0 Å². The Labute approximate surface area is 116 Å². The van der Waals surface area contributed by atoms with Crippen molar-refractivity contribution in [2.24, 2.45) is 0 Å². The number of halogens is 2. The van der Waals surface area contributed by atoms with Gasteiger partial charge in [0.2, 0.25) is 0 Å². The average molecular weight is 275 g/mol. The molecule has 0 amide bonds. The molecule has 3 rings (SSSR count). The smallest absolute Gasteiger partial charge is 0.133 e. The zero-order chi connectivity index (χ0) is 13.9. The van der Waals surface area contributed by atoms with Gasteiger partial charge in [0.1, 0.15) is 23.3 Å². The highest BCUT2D eigenvalue weighted by molar-refractivity contribution is 5.34. The Bertz CT molecular complexity index is 612. The van der Waals surface area contributed by atoms with Crippen LogP contribution in [0, 0.1) is 11.6 Å². The van der Waals surface area contributed by atoms with Crippen molar-refractivity contribution in [3.05, 3.63) is 53.5 Å². The number of hydrogen-bond donors (Lipinski definition) is 1. The maximum atomic E-state index is 13.5. The monoisotopic (exact) mass is 275 g/mol. The number of benzene rings is 1. The summed E-state index contributed by atoms with van der Waals surface area (Å²) in [6.45, 7) is 0.545. The molecule has 0 aliphatic heterocycles. The van der Waals surface area contributed by atoms with E-state index in [1.807, 2.05) is 0 Å². The predicted octanol–water partition coefficient (Wildman–Crippen LogP) is 3.29. The summed E-state index contributed by atoms with van der Waals surface area (Å²) in [5.74, 6) is 1.08. The lowest BCUT2D eigenvalue weighted by atomic mass is 10.1. The molecule has 1 N–H and O–H groups in total. The van der Waals surface area contributed by atoms with Gasteiger partial charge in [-0.25, -0.2) is 18.7 Å². The lowest BCUT2D eigenvalue weighted by molar-refractivity contribution is 0.572. The molecule has 1 fully saturated rings. The van der Waals surface area contributed by atoms with E-state index in [4.69, 9.17) is 0 Å². The van der Waals surface area contributed by atoms with Gasteiger partial charge in [-0.2, -0.15) is 0 Å². The second-order valence-corrected chi connectivity index (χ2v) is 4.99. The van der Waals surface area contributed by atoms with E-state index < -0.39 is 11.6 Å². The molecule has 20 heavy (non-hydrogen) atoms. The molecule has 1 heterocycles. The van der Waals surface area contributed by atoms with Crippen LogP contribution in [0.5, 0.6) is 0 Å². The average Bonchev–Trinajstić information content (AvgIpc) is 3.26. The van der Waals surface area contributed by atoms with Crippen molar-refractivity contribution in [2.45, 2.75) is 25.2 Å². The predicted molar refractivity (Wildman–Crippen MR) is 72.6 cm³/mol. The molecule has 1 aromatic carbocycles. The fourth-order valence-electron chi connectivity index (χ4n) is 2.06. The fraction of sp³-hybridized carbons (Fsp3) is 0.333. The van der Waals surface area contributed by atoms with Crippen LogP contribution in [0.15, 0.2) is 30.5 Å². The summed E-state index contributed by atoms with van der Waals surface area (Å²) >= 11 is 0. The summed E-state index contributed by atoms with van der Waals surface area (Å²) in [6.07, 6.45) is 4.53. The maximum absolute atomic E-state index is 13.5. The lowest BCUT2D eigenvalue weighted by Gasteiger charge is -2.07. The van der Waals surface area contributed by atoms with Gasteiger partial charge in [0.15, 0.2) is 0 Å². The first kappa shape index (κ1) is 13.0. The van der Waals surface area contributed by atoms with Gasteiger partial charge in [0, 0.05) is 24.7 Å². The summed E-state index contributed by atoms with van der Waals surface area (Å²) in [5, 5.41) is 3.15. The molecule has 0 radical (unpaired) electrons. The van der Waals surface area contributed by atoms with Gasteiger partial charge in [0.25, 0.3) is 0 Å². The van der Waals surface area contributed by atoms with Crippen LogP contribution in [0.25, 0.3) is 0 Å². The first-order chi connectivity index (χ1) is 9.72. The van der Waals surface area contributed by atoms with E-state index in [0.29, 0.717) is 24.4 Å². The Kier molecular flexibility index (Phi) is 3.58. The van der Waals surface area contributed by atoms with Crippen LogP contribution >= 0.6 is 0 Å². The van der Waals surface area contributed by atoms with E-state index in [-0.39, 0.29) is 0 Å². The first-order valence-electron chi connectivity index (χ1n) is 6.73. The Morgan fingerprint density at radius 1 is 1.20 bits per heavy atom. The Morgan fingerprint density at radius 2 is 2.05 bits per heavy atom. The van der Waals surface area contributed by atoms with Crippen molar-refractivity contribution >= 4 is 5.82 Å². The van der Waals surface area contributed by atoms with E-state index in [1.165, 1.54) is 12.1 Å². The second kappa shape index (κ2) is 5.53. The standard InChI is InChI=1S/C15H15F2N3/c16-12-4-3-10(13(17)9-12)5-7-18-14-6-8-19-15(20-14)11-1-2-11/h3-4,6,8-9,11H,1-2,5,7H2,(H,18,19,20). The topological polar surface area (TPSA) is 37.8 Å². The molecule has 5 heteroatoms. The molecular formula is C15H15F2N3. The van der Waals surface area contributed by atoms with E-state index in [0.717, 1.165) is 30.6 Å². The normalized spacial score (nSPS) is 14.3. The minimum absolute atomic E-state index is 0.481. The van der Waals surface area contributed by atoms with E-state index in [1.54, 1.807) is 12.3 Å². The zero-order valence-corrected chi connectivity index (χ0v) is 10.9. The molecular weight excluding hydrogens is 260 g/mol. The molecule has 0 saturated heterocycles. The van der Waals surface area contributed by atoms with Crippen molar-refractivity contribution in [1.82, 2.24) is 9.97 Å². The summed E-state index contributed by atoms with van der Waals surface area (Å²) in [5.41, 5.74) is 0.496. The number of nitrogens with one attached hydrogen (secondary N) is 1. The highest BCUT2D eigenvalue weighted by atomic mass is 19.1. The molecule has 3 nitrogen and oxygen atoms in total. The van der Waals surface area contributed by atoms with Crippen molar-refractivity contribution in [1.29, 1.82) is 0 Å². The van der Waals surface area contributed by atoms with Gasteiger partial charge in [-0.3, -0.25) is 0 Å². The van der Waals surface area contributed by atoms with Crippen molar-refractivity contribution in [3.8, 4) is 0 Å². The molecule has 0 bridgehead atoms. The Balaban J connectivity index is 1.58. The largest absolute Gasteiger partial charge is 0.370 e. The van der Waals surface area contributed by atoms with E-state index >= 15 is 0 Å². The summed E-state index contributed by atoms with van der Waals surface area (Å²) < 4.78 is 26.2. The highest BCUT2D eigenvalue weighted by Crippen LogP contribution is 2.37. The van der Waals surface area contributed by atoms with Crippen LogP contribution in [0.3, 0.4) is 0 Å². The lowest BCUT2D eigenvalue weighted by Crippen LogP contribution is -2.08. The minimum Gasteiger partial charge on any atom is -0.370 e. The molecule has 0 atom stereocenters. The minimum atomic E-state index is -0.552. The molecule has 1 aliphatic carbocycles. The van der Waals surface area contributed by atoms with Crippen molar-refractivity contribution < 1.29 is 8.78 Å². The third-order valence-corrected chi connectivity index (χ3v) is 3.33. The van der Waals surface area contributed by atoms with Crippen LogP contribution in [-0.4, -0.2) is 16.5 Å². The molecule has 0 spiro atoms. The third-order valence-electron chi connectivity index (χ3n) is 3.33. The second-order valence-electron chi connectivity index (χ2n) is 4.99. The van der Waals surface area contributed by atoms with Gasteiger partial charge in [-0.15, -0.1) is 0 Å². The molecule has 104 valence electrons. The van der Waals surface area contributed by atoms with Gasteiger partial charge in [-0.05, 0) is 37.0 Å². The Hall–Kier alpha value is -2.04. The number of rotatable bonds is 5. The van der Waals surface area contributed by atoms with Gasteiger partial charge >= 0.3 is 0 Å². The van der Waals surface area contributed by atoms with Gasteiger partial charge in [-0.1, -0.05) is 6.07 Å². The fourth-order valence-corrected chi connectivity index (χ4v) is 2.06. The van der Waals surface area contributed by atoms with Crippen molar-refractivity contribution in [2.75, 3.05) is 11.9 Å². The first-order valence-corrected chi connectivity index (χ1v) is 6.73. The van der Waals surface area contributed by atoms with Gasteiger partial charge < -0.3 is 5.32 Å². The number of aromatic nitrogens is 2. The Morgan fingerprint density at radius 3 is 2.80 bits per heavy atom. The molecule has 1 saturated carbocycles. The maximum Gasteiger partial charge on any atom is 0.133 e. The van der Waals surface area contributed by atoms with Gasteiger partial charge in [0.05, 0.1) is 0 Å². The summed E-state index contributed by atoms with van der Waals surface area (Å²) in [7, 11) is 0. The molecule has 0 unspecified atom stereocenters. The summed E-state index contributed by atoms with van der Waals surface area (Å²) in [4.78, 5) is 8.67. The number of hydrogen-bond acceptors (Lipinski definition) is 3. The van der Waals surface area contributed by atoms with Crippen molar-refractivity contribution in [3.63, 3.8) is 0 Å². The van der Waals surface area contributed by atoms with Crippen LogP contribution in [0.4, 0.5) is 14.6 Å². The quantitative estimate of drug-likeness (QED) is 0.910. The van der Waals surface area contributed by atoms with E-state index in [9.17, 15) is 8.78 Å². The SMILES string of the molecule is Fc1ccc(CCNc2ccnc(C3CC3)n2)c(F)c1. The molecule has 1 aromatic heterocycles. The van der Waals surface area contributed by atoms with Crippen LogP contribution < -0.4 is 5.32 Å². The molecule has 2 aromatic rings. The van der Waals surface area contributed by atoms with Crippen LogP contribution in [-0.2, 0) is 6.42 Å².